The van der Waals surface area contributed by atoms with Crippen molar-refractivity contribution < 1.29 is 76.1 Å². The Morgan fingerprint density at radius 3 is 1.61 bits per heavy atom. The second kappa shape index (κ2) is 37.8. The fourth-order valence-electron chi connectivity index (χ4n) is 5.36. The van der Waals surface area contributed by atoms with Gasteiger partial charge in [0.1, 0.15) is 19.0 Å². The Morgan fingerprint density at radius 1 is 0.672 bits per heavy atom. The largest absolute Gasteiger partial charge is 0.446 e. The fraction of sp³-hybridized carbons (Fsp3) is 0.667. The number of carbonyl (C=O) groups excluding carboxylic acids is 5. The van der Waals surface area contributed by atoms with Gasteiger partial charge in [-0.2, -0.15) is 0 Å². The van der Waals surface area contributed by atoms with Crippen molar-refractivity contribution in [3.8, 4) is 0 Å². The average molecular weight is 990 g/mol. The molecule has 0 aromatic carbocycles. The number of hydrogen-bond acceptors (Lipinski definition) is 21. The molecule has 67 heavy (non-hydrogen) atoms. The minimum atomic E-state index is -0.600. The van der Waals surface area contributed by atoms with Gasteiger partial charge in [-0.1, -0.05) is 6.92 Å². The van der Waals surface area contributed by atoms with Crippen molar-refractivity contribution in [1.82, 2.24) is 25.0 Å². The molecule has 5 amide bonds. The molecule has 2 aliphatic heterocycles. The first-order chi connectivity index (χ1) is 32.8. The first-order valence-electron chi connectivity index (χ1n) is 22.1. The highest BCUT2D eigenvalue weighted by atomic mass is 32.2. The molecule has 0 spiro atoms. The van der Waals surface area contributed by atoms with Gasteiger partial charge in [-0.15, -0.1) is 11.3 Å². The summed E-state index contributed by atoms with van der Waals surface area (Å²) in [5.41, 5.74) is 7.33. The van der Waals surface area contributed by atoms with Crippen LogP contribution >= 0.6 is 23.5 Å². The highest BCUT2D eigenvalue weighted by Crippen LogP contribution is 2.34. The van der Waals surface area contributed by atoms with Crippen LogP contribution < -0.4 is 25.8 Å². The number of amides is 5. The Morgan fingerprint density at radius 2 is 1.13 bits per heavy atom. The Balaban J connectivity index is 0.947. The molecule has 0 bridgehead atoms. The molecule has 3 rings (SSSR count). The zero-order chi connectivity index (χ0) is 48.0. The van der Waals surface area contributed by atoms with Crippen molar-refractivity contribution in [3.63, 3.8) is 0 Å². The number of imide groups is 1. The molecule has 0 atom stereocenters. The summed E-state index contributed by atoms with van der Waals surface area (Å²) in [5.74, 6) is -1.19. The molecule has 0 fully saturated rings. The fourth-order valence-corrected chi connectivity index (χ4v) is 6.90. The molecular formula is C42H67N7O16S2. The molecule has 25 heteroatoms. The molecule has 1 aromatic rings. The lowest BCUT2D eigenvalue weighted by Crippen LogP contribution is -2.41. The summed E-state index contributed by atoms with van der Waals surface area (Å²) in [4.78, 5) is 66.3. The smallest absolute Gasteiger partial charge is 0.418 e. The van der Waals surface area contributed by atoms with E-state index < -0.39 is 23.8 Å². The van der Waals surface area contributed by atoms with Crippen LogP contribution in [0.4, 0.5) is 10.5 Å². The quantitative estimate of drug-likeness (QED) is 0.0341. The SMILES string of the molecule is CCCNC(=O)C1=Cc2sc(CNSNC(=O)OCCOCCOCCOCCOCCOCCOCCOCCOCCOCCOCCNC(=O)CN3C(=O)C=CC3=O)cc2N=C(N)C1. The summed E-state index contributed by atoms with van der Waals surface area (Å²) in [6.45, 7) is 11.1. The normalized spacial score (nSPS) is 13.4. The Kier molecular flexibility index (Phi) is 32.3. The standard InChI is InChI=1S/C42H67N7O16S2/c1-2-5-45-41(53)33-28-36-35(47-37(43)29-33)30-34(66-36)31-46-67-48-42(54)65-27-26-64-25-24-63-23-22-62-21-20-61-19-18-60-17-16-59-15-14-58-13-12-57-11-10-56-9-8-55-7-6-44-38(50)32-49-39(51)3-4-40(49)52/h3-4,28,30,46H,2,5-27,29,31-32H2,1H3,(H2,43,47)(H,44,50)(H,45,53)(H,48,54). The monoisotopic (exact) mass is 989 g/mol. The summed E-state index contributed by atoms with van der Waals surface area (Å²) in [6.07, 6.45) is 4.64. The summed E-state index contributed by atoms with van der Waals surface area (Å²) in [5, 5.41) is 5.47. The van der Waals surface area contributed by atoms with Gasteiger partial charge in [0.15, 0.2) is 0 Å². The first-order valence-corrected chi connectivity index (χ1v) is 23.7. The van der Waals surface area contributed by atoms with E-state index >= 15 is 0 Å². The lowest BCUT2D eigenvalue weighted by Gasteiger charge is -2.13. The van der Waals surface area contributed by atoms with E-state index in [1.165, 1.54) is 11.3 Å². The number of fused-ring (bicyclic) bond motifs is 1. The molecule has 1 aromatic heterocycles. The van der Waals surface area contributed by atoms with Crippen LogP contribution in [0.3, 0.4) is 0 Å². The highest BCUT2D eigenvalue weighted by molar-refractivity contribution is 7.96. The summed E-state index contributed by atoms with van der Waals surface area (Å²) < 4.78 is 65.3. The van der Waals surface area contributed by atoms with Crippen LogP contribution in [0.15, 0.2) is 28.8 Å². The van der Waals surface area contributed by atoms with Crippen LogP contribution in [0, 0.1) is 0 Å². The van der Waals surface area contributed by atoms with E-state index in [1.807, 2.05) is 19.1 Å². The number of nitrogens with two attached hydrogens (primary N) is 1. The van der Waals surface area contributed by atoms with Gasteiger partial charge >= 0.3 is 6.09 Å². The lowest BCUT2D eigenvalue weighted by atomic mass is 10.1. The number of thiophene rings is 1. The number of rotatable bonds is 42. The zero-order valence-electron chi connectivity index (χ0n) is 38.2. The topological polar surface area (TPSA) is 277 Å². The van der Waals surface area contributed by atoms with Crippen LogP contribution in [0.5, 0.6) is 0 Å². The van der Waals surface area contributed by atoms with Gasteiger partial charge in [0, 0.05) is 60.8 Å². The number of amidine groups is 1. The number of nitrogens with zero attached hydrogens (tertiary/aromatic N) is 2. The summed E-state index contributed by atoms with van der Waals surface area (Å²) in [6, 6.07) is 1.91. The predicted octanol–water partition coefficient (Wildman–Crippen LogP) is 0.636. The van der Waals surface area contributed by atoms with Crippen LogP contribution in [-0.4, -0.2) is 199 Å². The molecule has 0 saturated heterocycles. The van der Waals surface area contributed by atoms with Gasteiger partial charge in [0.05, 0.1) is 143 Å². The maximum Gasteiger partial charge on any atom is 0.418 e. The molecular weight excluding hydrogens is 923 g/mol. The summed E-state index contributed by atoms with van der Waals surface area (Å²) in [7, 11) is 0. The third-order valence-corrected chi connectivity index (χ3v) is 10.2. The lowest BCUT2D eigenvalue weighted by molar-refractivity contribution is -0.141. The van der Waals surface area contributed by atoms with Crippen molar-refractivity contribution >= 4 is 70.8 Å². The van der Waals surface area contributed by atoms with Crippen LogP contribution in [0.2, 0.25) is 0 Å². The molecule has 0 unspecified atom stereocenters. The van der Waals surface area contributed by atoms with Crippen LogP contribution in [0.1, 0.15) is 29.5 Å². The maximum absolute atomic E-state index is 12.5. The zero-order valence-corrected chi connectivity index (χ0v) is 39.9. The van der Waals surface area contributed by atoms with E-state index in [4.69, 9.17) is 57.8 Å². The van der Waals surface area contributed by atoms with Gasteiger partial charge in [0.2, 0.25) is 11.8 Å². The van der Waals surface area contributed by atoms with Crippen molar-refractivity contribution in [3.05, 3.63) is 33.5 Å². The van der Waals surface area contributed by atoms with Crippen molar-refractivity contribution in [2.75, 3.05) is 158 Å². The Bertz CT molecular complexity index is 1670. The Hall–Kier alpha value is -4.09. The number of aliphatic imine (C=N–C) groups is 1. The Labute approximate surface area is 399 Å². The van der Waals surface area contributed by atoms with E-state index in [0.717, 1.165) is 45.4 Å². The number of carbonyl (C=O) groups is 5. The molecule has 0 saturated carbocycles. The number of ether oxygens (including phenoxy) is 11. The molecule has 6 N–H and O–H groups in total. The van der Waals surface area contributed by atoms with Gasteiger partial charge in [0.25, 0.3) is 11.8 Å². The number of nitrogens with one attached hydrogen (secondary N) is 4. The minimum absolute atomic E-state index is 0.0895. The van der Waals surface area contributed by atoms with Crippen LogP contribution in [0.25, 0.3) is 6.08 Å². The van der Waals surface area contributed by atoms with Crippen molar-refractivity contribution in [2.24, 2.45) is 10.7 Å². The van der Waals surface area contributed by atoms with Crippen molar-refractivity contribution in [2.45, 2.75) is 26.3 Å². The third kappa shape index (κ3) is 28.1. The van der Waals surface area contributed by atoms with E-state index in [-0.39, 0.29) is 38.8 Å². The molecule has 23 nitrogen and oxygen atoms in total. The second-order valence-electron chi connectivity index (χ2n) is 13.9. The van der Waals surface area contributed by atoms with Crippen LogP contribution in [-0.2, 0) is 77.8 Å². The molecule has 0 aliphatic carbocycles. The number of hydrogen-bond donors (Lipinski definition) is 5. The van der Waals surface area contributed by atoms with Crippen molar-refractivity contribution in [1.29, 1.82) is 0 Å². The van der Waals surface area contributed by atoms with Gasteiger partial charge in [-0.25, -0.2) is 14.5 Å². The maximum atomic E-state index is 12.5. The van der Waals surface area contributed by atoms with E-state index in [1.54, 1.807) is 0 Å². The average Bonchev–Trinajstić information content (AvgIpc) is 3.79. The third-order valence-electron chi connectivity index (χ3n) is 8.59. The molecule has 378 valence electrons. The predicted molar refractivity (Wildman–Crippen MR) is 247 cm³/mol. The van der Waals surface area contributed by atoms with Gasteiger partial charge in [-0.3, -0.25) is 28.8 Å². The van der Waals surface area contributed by atoms with Gasteiger partial charge < -0.3 is 68.5 Å². The highest BCUT2D eigenvalue weighted by Gasteiger charge is 2.25. The van der Waals surface area contributed by atoms with E-state index in [2.05, 4.69) is 25.1 Å². The molecule has 3 heterocycles. The molecule has 2 aliphatic rings. The minimum Gasteiger partial charge on any atom is -0.446 e. The van der Waals surface area contributed by atoms with E-state index in [9.17, 15) is 24.0 Å². The molecule has 0 radical (unpaired) electrons. The first kappa shape index (κ1) is 57.2. The second-order valence-corrected chi connectivity index (χ2v) is 15.8. The summed E-state index contributed by atoms with van der Waals surface area (Å²) >= 11 is 2.49. The van der Waals surface area contributed by atoms with Gasteiger partial charge in [-0.05, 0) is 18.6 Å². The van der Waals surface area contributed by atoms with E-state index in [0.29, 0.717) is 156 Å².